The number of ether oxygens (including phenoxy) is 1. The van der Waals surface area contributed by atoms with Crippen LogP contribution in [-0.4, -0.2) is 26.5 Å². The number of carbonyl (C=O) groups is 1. The predicted molar refractivity (Wildman–Crippen MR) is 80.1 cm³/mol. The first-order valence-electron chi connectivity index (χ1n) is 6.70. The van der Waals surface area contributed by atoms with Crippen molar-refractivity contribution in [3.05, 3.63) is 35.4 Å². The van der Waals surface area contributed by atoms with Gasteiger partial charge in [-0.3, -0.25) is 0 Å². The van der Waals surface area contributed by atoms with Crippen molar-refractivity contribution < 1.29 is 17.9 Å². The molecule has 21 heavy (non-hydrogen) atoms. The SMILES string of the molecule is CC(C)(C)NS(=O)(=O)c1ccccc1C=C1CCOC1=O. The largest absolute Gasteiger partial charge is 0.462 e. The number of carbonyl (C=O) groups excluding carboxylic acids is 1. The minimum absolute atomic E-state index is 0.159. The summed E-state index contributed by atoms with van der Waals surface area (Å²) in [5.74, 6) is -0.383. The van der Waals surface area contributed by atoms with E-state index in [9.17, 15) is 13.2 Å². The first-order chi connectivity index (χ1) is 9.69. The molecule has 0 unspecified atom stereocenters. The summed E-state index contributed by atoms with van der Waals surface area (Å²) in [6, 6.07) is 6.60. The zero-order valence-corrected chi connectivity index (χ0v) is 13.2. The van der Waals surface area contributed by atoms with Crippen LogP contribution in [0.1, 0.15) is 32.8 Å². The van der Waals surface area contributed by atoms with Crippen LogP contribution in [0.15, 0.2) is 34.7 Å². The van der Waals surface area contributed by atoms with Gasteiger partial charge in [-0.2, -0.15) is 0 Å². The van der Waals surface area contributed by atoms with E-state index in [0.29, 0.717) is 24.2 Å². The molecule has 1 aromatic carbocycles. The van der Waals surface area contributed by atoms with E-state index in [1.807, 2.05) is 0 Å². The Kier molecular flexibility index (Phi) is 4.20. The molecular weight excluding hydrogens is 290 g/mol. The maximum absolute atomic E-state index is 12.5. The number of nitrogens with one attached hydrogen (secondary N) is 1. The van der Waals surface area contributed by atoms with Crippen LogP contribution >= 0.6 is 0 Å². The monoisotopic (exact) mass is 309 g/mol. The Hall–Kier alpha value is -1.66. The summed E-state index contributed by atoms with van der Waals surface area (Å²) in [7, 11) is -3.65. The van der Waals surface area contributed by atoms with Crippen LogP contribution in [0.2, 0.25) is 0 Å². The Morgan fingerprint density at radius 3 is 2.48 bits per heavy atom. The molecule has 0 aliphatic carbocycles. The van der Waals surface area contributed by atoms with Gasteiger partial charge in [-0.05, 0) is 38.5 Å². The third-order valence-corrected chi connectivity index (χ3v) is 4.68. The van der Waals surface area contributed by atoms with E-state index in [2.05, 4.69) is 4.72 Å². The molecule has 0 saturated carbocycles. The van der Waals surface area contributed by atoms with Gasteiger partial charge in [-0.1, -0.05) is 18.2 Å². The molecule has 1 fully saturated rings. The first-order valence-corrected chi connectivity index (χ1v) is 8.18. The summed E-state index contributed by atoms with van der Waals surface area (Å²) < 4.78 is 32.4. The zero-order valence-electron chi connectivity index (χ0n) is 12.3. The average molecular weight is 309 g/mol. The van der Waals surface area contributed by atoms with Crippen LogP contribution in [0.4, 0.5) is 0 Å². The molecule has 6 heteroatoms. The molecule has 1 aliphatic rings. The number of hydrogen-bond acceptors (Lipinski definition) is 4. The van der Waals surface area contributed by atoms with Crippen LogP contribution in [0.3, 0.4) is 0 Å². The van der Waals surface area contributed by atoms with E-state index >= 15 is 0 Å². The summed E-state index contributed by atoms with van der Waals surface area (Å²) in [5.41, 5.74) is 0.405. The number of benzene rings is 1. The van der Waals surface area contributed by atoms with Gasteiger partial charge in [0.25, 0.3) is 0 Å². The highest BCUT2D eigenvalue weighted by Crippen LogP contribution is 2.23. The van der Waals surface area contributed by atoms with Gasteiger partial charge in [-0.15, -0.1) is 0 Å². The summed E-state index contributed by atoms with van der Waals surface area (Å²) in [5, 5.41) is 0. The minimum atomic E-state index is -3.65. The molecule has 0 atom stereocenters. The number of sulfonamides is 1. The Morgan fingerprint density at radius 2 is 1.90 bits per heavy atom. The molecule has 0 spiro atoms. The Balaban J connectivity index is 2.45. The van der Waals surface area contributed by atoms with Gasteiger partial charge < -0.3 is 4.74 Å². The lowest BCUT2D eigenvalue weighted by atomic mass is 10.1. The summed E-state index contributed by atoms with van der Waals surface area (Å²) in [6.45, 7) is 5.68. The summed E-state index contributed by atoms with van der Waals surface area (Å²) in [6.07, 6.45) is 2.09. The van der Waals surface area contributed by atoms with Crippen molar-refractivity contribution in [1.82, 2.24) is 4.72 Å². The fraction of sp³-hybridized carbons (Fsp3) is 0.400. The Bertz CT molecular complexity index is 684. The van der Waals surface area contributed by atoms with Crippen molar-refractivity contribution in [3.8, 4) is 0 Å². The lowest BCUT2D eigenvalue weighted by Crippen LogP contribution is -2.40. The van der Waals surface area contributed by atoms with Crippen LogP contribution in [0.25, 0.3) is 6.08 Å². The molecule has 2 rings (SSSR count). The molecule has 1 heterocycles. The first kappa shape index (κ1) is 15.7. The predicted octanol–water partition coefficient (Wildman–Crippen LogP) is 2.09. The van der Waals surface area contributed by atoms with Crippen molar-refractivity contribution in [1.29, 1.82) is 0 Å². The van der Waals surface area contributed by atoms with Crippen LogP contribution in [0.5, 0.6) is 0 Å². The molecule has 5 nitrogen and oxygen atoms in total. The Morgan fingerprint density at radius 1 is 1.24 bits per heavy atom. The van der Waals surface area contributed by atoms with Crippen molar-refractivity contribution in [2.75, 3.05) is 6.61 Å². The number of rotatable bonds is 3. The van der Waals surface area contributed by atoms with Crippen molar-refractivity contribution in [2.24, 2.45) is 0 Å². The van der Waals surface area contributed by atoms with Gasteiger partial charge in [0.2, 0.25) is 10.0 Å². The topological polar surface area (TPSA) is 72.5 Å². The number of esters is 1. The standard InChI is InChI=1S/C15H19NO4S/c1-15(2,3)16-21(18,19)13-7-5-4-6-11(13)10-12-8-9-20-14(12)17/h4-7,10,16H,8-9H2,1-3H3. The van der Waals surface area contributed by atoms with E-state index in [4.69, 9.17) is 4.74 Å². The molecule has 1 aliphatic heterocycles. The molecule has 114 valence electrons. The summed E-state index contributed by atoms with van der Waals surface area (Å²) >= 11 is 0. The van der Waals surface area contributed by atoms with E-state index < -0.39 is 15.6 Å². The molecule has 0 radical (unpaired) electrons. The van der Waals surface area contributed by atoms with Gasteiger partial charge in [0.15, 0.2) is 0 Å². The highest BCUT2D eigenvalue weighted by molar-refractivity contribution is 7.89. The average Bonchev–Trinajstić information content (AvgIpc) is 2.72. The van der Waals surface area contributed by atoms with Crippen LogP contribution < -0.4 is 4.72 Å². The molecule has 1 saturated heterocycles. The van der Waals surface area contributed by atoms with E-state index in [0.717, 1.165) is 0 Å². The van der Waals surface area contributed by atoms with Gasteiger partial charge >= 0.3 is 5.97 Å². The summed E-state index contributed by atoms with van der Waals surface area (Å²) in [4.78, 5) is 11.7. The van der Waals surface area contributed by atoms with Gasteiger partial charge in [0.1, 0.15) is 0 Å². The quantitative estimate of drug-likeness (QED) is 0.685. The minimum Gasteiger partial charge on any atom is -0.462 e. The number of cyclic esters (lactones) is 1. The third kappa shape index (κ3) is 3.92. The molecule has 1 N–H and O–H groups in total. The molecule has 0 amide bonds. The lowest BCUT2D eigenvalue weighted by Gasteiger charge is -2.21. The van der Waals surface area contributed by atoms with E-state index in [1.165, 1.54) is 6.07 Å². The van der Waals surface area contributed by atoms with Gasteiger partial charge in [-0.25, -0.2) is 17.9 Å². The fourth-order valence-electron chi connectivity index (χ4n) is 2.07. The maximum Gasteiger partial charge on any atom is 0.334 e. The third-order valence-electron chi connectivity index (χ3n) is 2.85. The van der Waals surface area contributed by atoms with Gasteiger partial charge in [0, 0.05) is 17.5 Å². The second-order valence-electron chi connectivity index (χ2n) is 5.95. The smallest absolute Gasteiger partial charge is 0.334 e. The normalized spacial score (nSPS) is 18.0. The van der Waals surface area contributed by atoms with Crippen molar-refractivity contribution >= 4 is 22.1 Å². The zero-order chi connectivity index (χ0) is 15.7. The van der Waals surface area contributed by atoms with E-state index in [1.54, 1.807) is 45.0 Å². The van der Waals surface area contributed by atoms with Crippen LogP contribution in [-0.2, 0) is 19.6 Å². The lowest BCUT2D eigenvalue weighted by molar-refractivity contribution is -0.134. The second kappa shape index (κ2) is 5.61. The molecule has 1 aromatic rings. The fourth-order valence-corrected chi connectivity index (χ4v) is 3.68. The maximum atomic E-state index is 12.5. The molecular formula is C15H19NO4S. The van der Waals surface area contributed by atoms with Crippen LogP contribution in [0, 0.1) is 0 Å². The highest BCUT2D eigenvalue weighted by Gasteiger charge is 2.25. The molecule has 0 bridgehead atoms. The van der Waals surface area contributed by atoms with Crippen molar-refractivity contribution in [2.45, 2.75) is 37.6 Å². The molecule has 0 aromatic heterocycles. The van der Waals surface area contributed by atoms with E-state index in [-0.39, 0.29) is 10.9 Å². The number of hydrogen-bond donors (Lipinski definition) is 1. The van der Waals surface area contributed by atoms with Gasteiger partial charge in [0.05, 0.1) is 11.5 Å². The second-order valence-corrected chi connectivity index (χ2v) is 7.60. The Labute approximate surface area is 125 Å². The highest BCUT2D eigenvalue weighted by atomic mass is 32.2. The van der Waals surface area contributed by atoms with Crippen molar-refractivity contribution in [3.63, 3.8) is 0 Å².